The number of nitrogens with one attached hydrogen (secondary N) is 2. The Balaban J connectivity index is 1.69. The lowest BCUT2D eigenvalue weighted by Crippen LogP contribution is -2.36. The molecule has 164 valence electrons. The summed E-state index contributed by atoms with van der Waals surface area (Å²) in [5.74, 6) is 0.118. The van der Waals surface area contributed by atoms with Gasteiger partial charge in [0.05, 0.1) is 13.2 Å². The Bertz CT molecular complexity index is 1210. The number of pyridine rings is 1. The largest absolute Gasteiger partial charge is 0.497 e. The van der Waals surface area contributed by atoms with Crippen LogP contribution in [0.2, 0.25) is 0 Å². The Morgan fingerprint density at radius 3 is 2.31 bits per heavy atom. The highest BCUT2D eigenvalue weighted by Gasteiger charge is 2.33. The van der Waals surface area contributed by atoms with E-state index in [-0.39, 0.29) is 16.8 Å². The van der Waals surface area contributed by atoms with Crippen molar-refractivity contribution in [2.45, 2.75) is 32.7 Å². The average molecular weight is 431 g/mol. The van der Waals surface area contributed by atoms with Gasteiger partial charge in [0.1, 0.15) is 11.3 Å². The number of ketones is 1. The van der Waals surface area contributed by atoms with E-state index in [2.05, 4.69) is 10.3 Å². The second-order valence-corrected chi connectivity index (χ2v) is 8.94. The summed E-state index contributed by atoms with van der Waals surface area (Å²) >= 11 is 0. The highest BCUT2D eigenvalue weighted by molar-refractivity contribution is 6.02. The van der Waals surface area contributed by atoms with Gasteiger partial charge in [-0.3, -0.25) is 14.4 Å². The van der Waals surface area contributed by atoms with Crippen LogP contribution in [0.5, 0.6) is 5.75 Å². The zero-order chi connectivity index (χ0) is 22.9. The molecule has 0 fully saturated rings. The molecule has 3 aromatic rings. The van der Waals surface area contributed by atoms with Crippen molar-refractivity contribution >= 4 is 11.7 Å². The summed E-state index contributed by atoms with van der Waals surface area (Å²) in [5, 5.41) is 2.97. The molecule has 1 aliphatic rings. The SMILES string of the molecule is COc1ccc(C(NC(=O)c2cc3c([nH]c2=O)CC(C)(C)CC3=O)c2ccccc2)cc1. The van der Waals surface area contributed by atoms with Crippen LogP contribution in [0.1, 0.15) is 63.8 Å². The van der Waals surface area contributed by atoms with Crippen molar-refractivity contribution in [3.8, 4) is 5.75 Å². The van der Waals surface area contributed by atoms with E-state index in [9.17, 15) is 14.4 Å². The topological polar surface area (TPSA) is 88.3 Å². The second kappa shape index (κ2) is 8.46. The van der Waals surface area contributed by atoms with Gasteiger partial charge in [-0.05, 0) is 41.2 Å². The van der Waals surface area contributed by atoms with Crippen molar-refractivity contribution in [3.63, 3.8) is 0 Å². The second-order valence-electron chi connectivity index (χ2n) is 8.94. The predicted octanol–water partition coefficient (Wildman–Crippen LogP) is 4.06. The molecule has 0 saturated heterocycles. The molecule has 1 atom stereocenters. The third-order valence-corrected chi connectivity index (χ3v) is 5.82. The maximum Gasteiger partial charge on any atom is 0.261 e. The highest BCUT2D eigenvalue weighted by atomic mass is 16.5. The lowest BCUT2D eigenvalue weighted by atomic mass is 9.75. The van der Waals surface area contributed by atoms with Gasteiger partial charge < -0.3 is 15.0 Å². The number of H-pyrrole nitrogens is 1. The third-order valence-electron chi connectivity index (χ3n) is 5.82. The number of carbonyl (C=O) groups is 2. The van der Waals surface area contributed by atoms with Gasteiger partial charge in [-0.25, -0.2) is 0 Å². The summed E-state index contributed by atoms with van der Waals surface area (Å²) in [5.41, 5.74) is 1.97. The van der Waals surface area contributed by atoms with Crippen LogP contribution in [0.15, 0.2) is 65.5 Å². The molecule has 1 unspecified atom stereocenters. The Hall–Kier alpha value is -3.67. The standard InChI is InChI=1S/C26H26N2O4/c1-26(2)14-21-19(22(29)15-26)13-20(24(30)27-21)25(31)28-23(16-7-5-4-6-8-16)17-9-11-18(32-3)12-10-17/h4-13,23H,14-15H2,1-3H3,(H,27,30)(H,28,31). The molecule has 0 aliphatic heterocycles. The van der Waals surface area contributed by atoms with Gasteiger partial charge in [-0.1, -0.05) is 56.3 Å². The summed E-state index contributed by atoms with van der Waals surface area (Å²) in [6, 6.07) is 17.9. The molecule has 0 saturated carbocycles. The first-order valence-electron chi connectivity index (χ1n) is 10.6. The lowest BCUT2D eigenvalue weighted by Gasteiger charge is -2.29. The summed E-state index contributed by atoms with van der Waals surface area (Å²) in [4.78, 5) is 41.4. The number of rotatable bonds is 5. The zero-order valence-corrected chi connectivity index (χ0v) is 18.4. The van der Waals surface area contributed by atoms with Gasteiger partial charge in [0.2, 0.25) is 0 Å². The number of amides is 1. The molecule has 2 N–H and O–H groups in total. The van der Waals surface area contributed by atoms with Gasteiger partial charge in [-0.15, -0.1) is 0 Å². The first-order chi connectivity index (χ1) is 15.3. The van der Waals surface area contributed by atoms with Crippen LogP contribution in [0.3, 0.4) is 0 Å². The molecule has 0 bridgehead atoms. The van der Waals surface area contributed by atoms with E-state index in [0.29, 0.717) is 29.8 Å². The van der Waals surface area contributed by atoms with E-state index < -0.39 is 17.5 Å². The summed E-state index contributed by atoms with van der Waals surface area (Å²) in [6.45, 7) is 3.98. The third kappa shape index (κ3) is 4.35. The van der Waals surface area contributed by atoms with E-state index in [0.717, 1.165) is 11.1 Å². The molecule has 0 spiro atoms. The monoisotopic (exact) mass is 430 g/mol. The average Bonchev–Trinajstić information content (AvgIpc) is 2.77. The molecule has 6 heteroatoms. The molecule has 1 aromatic heterocycles. The number of fused-ring (bicyclic) bond motifs is 1. The Morgan fingerprint density at radius 1 is 1.00 bits per heavy atom. The number of carbonyl (C=O) groups excluding carboxylic acids is 2. The molecule has 1 aliphatic carbocycles. The first kappa shape index (κ1) is 21.6. The van der Waals surface area contributed by atoms with Crippen LogP contribution in [-0.4, -0.2) is 23.8 Å². The van der Waals surface area contributed by atoms with Gasteiger partial charge in [-0.2, -0.15) is 0 Å². The minimum atomic E-state index is -0.531. The van der Waals surface area contributed by atoms with E-state index in [1.165, 1.54) is 6.07 Å². The number of hydrogen-bond donors (Lipinski definition) is 2. The fourth-order valence-electron chi connectivity index (χ4n) is 4.21. The molecule has 1 amide bonds. The molecule has 32 heavy (non-hydrogen) atoms. The number of aromatic amines is 1. The Labute approximate surface area is 186 Å². The first-order valence-corrected chi connectivity index (χ1v) is 10.6. The summed E-state index contributed by atoms with van der Waals surface area (Å²) < 4.78 is 5.23. The van der Waals surface area contributed by atoms with Crippen molar-refractivity contribution < 1.29 is 14.3 Å². The highest BCUT2D eigenvalue weighted by Crippen LogP contribution is 2.33. The van der Waals surface area contributed by atoms with Crippen molar-refractivity contribution in [1.29, 1.82) is 0 Å². The van der Waals surface area contributed by atoms with E-state index in [4.69, 9.17) is 4.74 Å². The number of ether oxygens (including phenoxy) is 1. The molecule has 0 radical (unpaired) electrons. The molecule has 6 nitrogen and oxygen atoms in total. The maximum atomic E-state index is 13.2. The smallest absolute Gasteiger partial charge is 0.261 e. The van der Waals surface area contributed by atoms with Gasteiger partial charge in [0, 0.05) is 17.7 Å². The number of hydrogen-bond acceptors (Lipinski definition) is 4. The zero-order valence-electron chi connectivity index (χ0n) is 18.4. The van der Waals surface area contributed by atoms with Crippen LogP contribution in [0.25, 0.3) is 0 Å². The van der Waals surface area contributed by atoms with E-state index in [1.807, 2.05) is 68.4 Å². The number of benzene rings is 2. The summed E-state index contributed by atoms with van der Waals surface area (Å²) in [7, 11) is 1.59. The maximum absolute atomic E-state index is 13.2. The van der Waals surface area contributed by atoms with Crippen molar-refractivity contribution in [1.82, 2.24) is 10.3 Å². The van der Waals surface area contributed by atoms with E-state index in [1.54, 1.807) is 7.11 Å². The molecule has 4 rings (SSSR count). The Kier molecular flexibility index (Phi) is 5.70. The van der Waals surface area contributed by atoms with Crippen molar-refractivity contribution in [3.05, 3.63) is 99.0 Å². The number of Topliss-reactive ketones (excluding diaryl/α,β-unsaturated/α-hetero) is 1. The van der Waals surface area contributed by atoms with Gasteiger partial charge in [0.25, 0.3) is 11.5 Å². The van der Waals surface area contributed by atoms with Gasteiger partial charge >= 0.3 is 0 Å². The fraction of sp³-hybridized carbons (Fsp3) is 0.269. The lowest BCUT2D eigenvalue weighted by molar-refractivity contribution is 0.0910. The van der Waals surface area contributed by atoms with Crippen LogP contribution in [-0.2, 0) is 6.42 Å². The molecular formula is C26H26N2O4. The quantitative estimate of drug-likeness (QED) is 0.639. The Morgan fingerprint density at radius 2 is 1.66 bits per heavy atom. The van der Waals surface area contributed by atoms with Crippen LogP contribution in [0.4, 0.5) is 0 Å². The van der Waals surface area contributed by atoms with Gasteiger partial charge in [0.15, 0.2) is 5.78 Å². The normalized spacial score (nSPS) is 15.5. The minimum absolute atomic E-state index is 0.0590. The van der Waals surface area contributed by atoms with Crippen LogP contribution < -0.4 is 15.6 Å². The fourth-order valence-corrected chi connectivity index (χ4v) is 4.21. The molecular weight excluding hydrogens is 404 g/mol. The van der Waals surface area contributed by atoms with Crippen molar-refractivity contribution in [2.24, 2.45) is 5.41 Å². The van der Waals surface area contributed by atoms with Crippen LogP contribution >= 0.6 is 0 Å². The minimum Gasteiger partial charge on any atom is -0.497 e. The molecule has 1 heterocycles. The number of aromatic nitrogens is 1. The van der Waals surface area contributed by atoms with E-state index >= 15 is 0 Å². The van der Waals surface area contributed by atoms with Crippen LogP contribution in [0, 0.1) is 5.41 Å². The summed E-state index contributed by atoms with van der Waals surface area (Å²) in [6.07, 6.45) is 0.968. The predicted molar refractivity (Wildman–Crippen MR) is 122 cm³/mol. The van der Waals surface area contributed by atoms with Crippen molar-refractivity contribution in [2.75, 3.05) is 7.11 Å². The number of methoxy groups -OCH3 is 1. The molecule has 2 aromatic carbocycles.